The number of hydrogen-bond acceptors (Lipinski definition) is 4. The molecule has 2 unspecified atom stereocenters. The van der Waals surface area contributed by atoms with Gasteiger partial charge >= 0.3 is 6.09 Å². The van der Waals surface area contributed by atoms with E-state index < -0.39 is 12.1 Å². The molecule has 0 radical (unpaired) electrons. The molecule has 2 aliphatic heterocycles. The molecular weight excluding hydrogens is 444 g/mol. The van der Waals surface area contributed by atoms with Gasteiger partial charge in [0.1, 0.15) is 12.6 Å². The fourth-order valence-corrected chi connectivity index (χ4v) is 8.29. The molecule has 2 fully saturated rings. The van der Waals surface area contributed by atoms with Gasteiger partial charge in [-0.05, 0) is 46.9 Å². The van der Waals surface area contributed by atoms with Crippen molar-refractivity contribution in [3.8, 4) is 11.1 Å². The van der Waals surface area contributed by atoms with Crippen molar-refractivity contribution in [3.05, 3.63) is 59.7 Å². The first-order valence-electron chi connectivity index (χ1n) is 12.4. The molecule has 0 spiro atoms. The molecule has 2 atom stereocenters. The Bertz CT molecular complexity index is 1050. The number of alkyl carbamates (subject to hydrolysis) is 1. The minimum Gasteiger partial charge on any atom is -0.449 e. The lowest BCUT2D eigenvalue weighted by molar-refractivity contribution is -0.146. The maximum Gasteiger partial charge on any atom is 0.407 e. The van der Waals surface area contributed by atoms with E-state index in [0.717, 1.165) is 12.2 Å². The van der Waals surface area contributed by atoms with Crippen LogP contribution < -0.4 is 5.32 Å². The van der Waals surface area contributed by atoms with Gasteiger partial charge in [0.15, 0.2) is 0 Å². The van der Waals surface area contributed by atoms with E-state index in [0.29, 0.717) is 18.3 Å². The van der Waals surface area contributed by atoms with Gasteiger partial charge in [0.2, 0.25) is 5.91 Å². The highest BCUT2D eigenvalue weighted by atomic mass is 32.2. The van der Waals surface area contributed by atoms with Crippen LogP contribution >= 0.6 is 11.8 Å². The molecule has 0 aromatic heterocycles. The lowest BCUT2D eigenvalue weighted by atomic mass is 9.75. The van der Waals surface area contributed by atoms with Crippen LogP contribution in [0.5, 0.6) is 0 Å². The molecule has 34 heavy (non-hydrogen) atoms. The van der Waals surface area contributed by atoms with E-state index in [4.69, 9.17) is 4.74 Å². The lowest BCUT2D eigenvalue weighted by Crippen LogP contribution is -2.64. The van der Waals surface area contributed by atoms with Crippen LogP contribution in [0.25, 0.3) is 11.1 Å². The van der Waals surface area contributed by atoms with Crippen molar-refractivity contribution >= 4 is 23.8 Å². The highest BCUT2D eigenvalue weighted by Crippen LogP contribution is 2.49. The second-order valence-corrected chi connectivity index (χ2v) is 11.5. The molecule has 3 aliphatic rings. The number of ether oxygens (including phenoxy) is 1. The molecule has 2 aromatic carbocycles. The van der Waals surface area contributed by atoms with E-state index in [1.807, 2.05) is 36.0 Å². The third kappa shape index (κ3) is 3.62. The standard InChI is InChI=1S/C28H34N2O3S/c1-17(2)28(18(3)4)16-34-25-14-13-24(26(31)30(25)28)29-27(32)33-15-23-21-11-7-5-9-19(21)20-10-6-8-12-22(20)23/h5-12,17-18,23-25H,13-16H2,1-4H3,(H,29,32). The summed E-state index contributed by atoms with van der Waals surface area (Å²) in [6.45, 7) is 9.08. The summed E-state index contributed by atoms with van der Waals surface area (Å²) in [7, 11) is 0. The molecular formula is C28H34N2O3S. The number of rotatable bonds is 5. The molecule has 0 saturated carbocycles. The van der Waals surface area contributed by atoms with Crippen molar-refractivity contribution in [2.24, 2.45) is 11.8 Å². The molecule has 2 amide bonds. The molecule has 180 valence electrons. The van der Waals surface area contributed by atoms with Gasteiger partial charge in [-0.1, -0.05) is 76.2 Å². The highest BCUT2D eigenvalue weighted by molar-refractivity contribution is 8.00. The van der Waals surface area contributed by atoms with Gasteiger partial charge in [-0.3, -0.25) is 4.79 Å². The number of nitrogens with zero attached hydrogens (tertiary/aromatic N) is 1. The summed E-state index contributed by atoms with van der Waals surface area (Å²) in [5, 5.41) is 3.11. The van der Waals surface area contributed by atoms with E-state index in [-0.39, 0.29) is 29.3 Å². The second-order valence-electron chi connectivity index (χ2n) is 10.4. The Labute approximate surface area is 206 Å². The molecule has 0 bridgehead atoms. The van der Waals surface area contributed by atoms with E-state index in [1.165, 1.54) is 22.3 Å². The first kappa shape index (κ1) is 23.3. The predicted molar refractivity (Wildman–Crippen MR) is 137 cm³/mol. The van der Waals surface area contributed by atoms with Crippen molar-refractivity contribution in [1.82, 2.24) is 10.2 Å². The number of thioether (sulfide) groups is 1. The molecule has 1 N–H and O–H groups in total. The van der Waals surface area contributed by atoms with Gasteiger partial charge in [0, 0.05) is 11.7 Å². The van der Waals surface area contributed by atoms with Crippen molar-refractivity contribution in [3.63, 3.8) is 0 Å². The van der Waals surface area contributed by atoms with Crippen LogP contribution in [-0.2, 0) is 9.53 Å². The Kier molecular flexibility index (Phi) is 6.13. The van der Waals surface area contributed by atoms with Crippen LogP contribution in [0.15, 0.2) is 48.5 Å². The molecule has 1 aliphatic carbocycles. The Morgan fingerprint density at radius 3 is 2.21 bits per heavy atom. The molecule has 5 rings (SSSR count). The van der Waals surface area contributed by atoms with Gasteiger partial charge in [0.05, 0.1) is 10.9 Å². The summed E-state index contributed by atoms with van der Waals surface area (Å²) in [6, 6.07) is 16.1. The maximum atomic E-state index is 13.6. The fourth-order valence-electron chi connectivity index (χ4n) is 6.27. The van der Waals surface area contributed by atoms with E-state index in [9.17, 15) is 9.59 Å². The van der Waals surface area contributed by atoms with Crippen LogP contribution in [0.4, 0.5) is 4.79 Å². The quantitative estimate of drug-likeness (QED) is 0.604. The highest BCUT2D eigenvalue weighted by Gasteiger charge is 2.55. The summed E-state index contributed by atoms with van der Waals surface area (Å²) in [6.07, 6.45) is 1.04. The number of carbonyl (C=O) groups is 2. The van der Waals surface area contributed by atoms with E-state index in [1.54, 1.807) is 0 Å². The van der Waals surface area contributed by atoms with Crippen LogP contribution in [0.3, 0.4) is 0 Å². The van der Waals surface area contributed by atoms with Crippen LogP contribution in [0.1, 0.15) is 57.6 Å². The number of fused-ring (bicyclic) bond motifs is 4. The fraction of sp³-hybridized carbons (Fsp3) is 0.500. The molecule has 5 nitrogen and oxygen atoms in total. The molecule has 2 heterocycles. The Morgan fingerprint density at radius 2 is 1.62 bits per heavy atom. The van der Waals surface area contributed by atoms with E-state index >= 15 is 0 Å². The number of piperidine rings is 1. The number of carbonyl (C=O) groups excluding carboxylic acids is 2. The molecule has 6 heteroatoms. The topological polar surface area (TPSA) is 58.6 Å². The van der Waals surface area contributed by atoms with Gasteiger partial charge < -0.3 is 15.0 Å². The van der Waals surface area contributed by atoms with Crippen molar-refractivity contribution in [1.29, 1.82) is 0 Å². The monoisotopic (exact) mass is 478 g/mol. The third-order valence-electron chi connectivity index (χ3n) is 8.12. The zero-order valence-corrected chi connectivity index (χ0v) is 21.2. The van der Waals surface area contributed by atoms with Crippen molar-refractivity contribution < 1.29 is 14.3 Å². The lowest BCUT2D eigenvalue weighted by Gasteiger charge is -2.49. The predicted octanol–water partition coefficient (Wildman–Crippen LogP) is 5.64. The normalized spacial score (nSPS) is 23.1. The average molecular weight is 479 g/mol. The third-order valence-corrected chi connectivity index (χ3v) is 9.58. The van der Waals surface area contributed by atoms with E-state index in [2.05, 4.69) is 62.2 Å². The Balaban J connectivity index is 1.27. The second kappa shape index (κ2) is 8.95. The van der Waals surface area contributed by atoms with Crippen LogP contribution in [-0.4, -0.2) is 46.2 Å². The van der Waals surface area contributed by atoms with Gasteiger partial charge in [0.25, 0.3) is 0 Å². The minimum atomic E-state index is -0.525. The Hall–Kier alpha value is -2.47. The average Bonchev–Trinajstić information content (AvgIpc) is 3.37. The summed E-state index contributed by atoms with van der Waals surface area (Å²) in [5.74, 6) is 1.70. The van der Waals surface area contributed by atoms with Gasteiger partial charge in [-0.2, -0.15) is 0 Å². The number of hydrogen-bond donors (Lipinski definition) is 1. The summed E-state index contributed by atoms with van der Waals surface area (Å²) in [4.78, 5) is 28.5. The van der Waals surface area contributed by atoms with Crippen molar-refractivity contribution in [2.45, 2.75) is 63.4 Å². The number of benzene rings is 2. The van der Waals surface area contributed by atoms with Crippen LogP contribution in [0, 0.1) is 11.8 Å². The van der Waals surface area contributed by atoms with Gasteiger partial charge in [-0.25, -0.2) is 4.79 Å². The van der Waals surface area contributed by atoms with Crippen molar-refractivity contribution in [2.75, 3.05) is 12.4 Å². The first-order valence-corrected chi connectivity index (χ1v) is 13.5. The zero-order chi connectivity index (χ0) is 24.0. The van der Waals surface area contributed by atoms with Crippen LogP contribution in [0.2, 0.25) is 0 Å². The largest absolute Gasteiger partial charge is 0.449 e. The number of nitrogens with one attached hydrogen (secondary N) is 1. The smallest absolute Gasteiger partial charge is 0.407 e. The minimum absolute atomic E-state index is 0.00843. The number of amides is 2. The Morgan fingerprint density at radius 1 is 1.03 bits per heavy atom. The molecule has 2 saturated heterocycles. The summed E-state index contributed by atoms with van der Waals surface area (Å²) in [5.41, 5.74) is 4.59. The summed E-state index contributed by atoms with van der Waals surface area (Å²) < 4.78 is 5.72. The first-order chi connectivity index (χ1) is 16.3. The van der Waals surface area contributed by atoms with Gasteiger partial charge in [-0.15, -0.1) is 11.8 Å². The maximum absolute atomic E-state index is 13.6. The SMILES string of the molecule is CC(C)C1(C(C)C)CSC2CCC(NC(=O)OCC3c4ccccc4-c4ccccc43)C(=O)N21. The zero-order valence-electron chi connectivity index (χ0n) is 20.4. The molecule has 2 aromatic rings. The summed E-state index contributed by atoms with van der Waals surface area (Å²) >= 11 is 1.89.